The van der Waals surface area contributed by atoms with E-state index < -0.39 is 27.8 Å². The number of rotatable bonds is 8. The third kappa shape index (κ3) is 4.96. The number of aliphatic hydroxyl groups excluding tert-OH is 1. The Morgan fingerprint density at radius 3 is 2.39 bits per heavy atom. The van der Waals surface area contributed by atoms with Crippen LogP contribution in [0.4, 0.5) is 0 Å². The van der Waals surface area contributed by atoms with E-state index in [-0.39, 0.29) is 28.3 Å². The van der Waals surface area contributed by atoms with E-state index in [2.05, 4.69) is 0 Å². The lowest BCUT2D eigenvalue weighted by Crippen LogP contribution is -2.31. The molecule has 0 spiro atoms. The SMILES string of the molecule is COCCCN1C(=O)C(=O)/C(=C(/O)c2ccc(S(=O)(=O)N(C)C)cc2)[C@@H]1c1cccc(Cl)c1. The van der Waals surface area contributed by atoms with Gasteiger partial charge in [-0.25, -0.2) is 12.7 Å². The molecule has 3 rings (SSSR count). The lowest BCUT2D eigenvalue weighted by Gasteiger charge is -2.25. The van der Waals surface area contributed by atoms with Crippen molar-refractivity contribution >= 4 is 39.1 Å². The van der Waals surface area contributed by atoms with Crippen LogP contribution in [0.2, 0.25) is 5.02 Å². The summed E-state index contributed by atoms with van der Waals surface area (Å²) in [5.74, 6) is -1.94. The van der Waals surface area contributed by atoms with Gasteiger partial charge in [-0.15, -0.1) is 0 Å². The summed E-state index contributed by atoms with van der Waals surface area (Å²) >= 11 is 6.15. The molecule has 1 aliphatic heterocycles. The fourth-order valence-electron chi connectivity index (χ4n) is 3.66. The Kier molecular flexibility index (Phi) is 7.58. The number of Topliss-reactive ketones (excluding diaryl/α,β-unsaturated/α-hetero) is 1. The van der Waals surface area contributed by atoms with Gasteiger partial charge in [0, 0.05) is 44.9 Å². The van der Waals surface area contributed by atoms with E-state index in [1.54, 1.807) is 31.4 Å². The van der Waals surface area contributed by atoms with Gasteiger partial charge in [0.25, 0.3) is 11.7 Å². The van der Waals surface area contributed by atoms with Crippen molar-refractivity contribution in [3.8, 4) is 0 Å². The normalized spacial score (nSPS) is 18.3. The number of hydrogen-bond donors (Lipinski definition) is 1. The maximum Gasteiger partial charge on any atom is 0.295 e. The van der Waals surface area contributed by atoms with Crippen molar-refractivity contribution in [2.24, 2.45) is 0 Å². The molecule has 1 N–H and O–H groups in total. The summed E-state index contributed by atoms with van der Waals surface area (Å²) in [4.78, 5) is 27.2. The van der Waals surface area contributed by atoms with Gasteiger partial charge in [0.05, 0.1) is 16.5 Å². The number of nitrogens with zero attached hydrogens (tertiary/aromatic N) is 2. The molecule has 33 heavy (non-hydrogen) atoms. The van der Waals surface area contributed by atoms with Crippen molar-refractivity contribution in [1.29, 1.82) is 0 Å². The van der Waals surface area contributed by atoms with Crippen molar-refractivity contribution in [3.05, 3.63) is 70.3 Å². The van der Waals surface area contributed by atoms with Gasteiger partial charge in [-0.05, 0) is 48.4 Å². The molecule has 176 valence electrons. The third-order valence-corrected chi connectivity index (χ3v) is 7.42. The first-order valence-corrected chi connectivity index (χ1v) is 12.0. The molecule has 0 bridgehead atoms. The first-order valence-electron chi connectivity index (χ1n) is 10.2. The zero-order chi connectivity index (χ0) is 24.3. The molecule has 0 radical (unpaired) electrons. The smallest absolute Gasteiger partial charge is 0.295 e. The first kappa shape index (κ1) is 24.9. The second-order valence-electron chi connectivity index (χ2n) is 7.71. The summed E-state index contributed by atoms with van der Waals surface area (Å²) in [7, 11) is 0.718. The number of benzene rings is 2. The maximum atomic E-state index is 13.0. The molecule has 0 saturated carbocycles. The number of carbonyl (C=O) groups is 2. The number of likely N-dealkylation sites (tertiary alicyclic amines) is 1. The largest absolute Gasteiger partial charge is 0.507 e. The molecule has 1 aliphatic rings. The van der Waals surface area contributed by atoms with Crippen LogP contribution in [-0.4, -0.2) is 68.8 Å². The second-order valence-corrected chi connectivity index (χ2v) is 10.3. The van der Waals surface area contributed by atoms with Crippen LogP contribution in [0.15, 0.2) is 59.0 Å². The molecule has 1 amide bonds. The highest BCUT2D eigenvalue weighted by molar-refractivity contribution is 7.89. The topological polar surface area (TPSA) is 104 Å². The minimum Gasteiger partial charge on any atom is -0.507 e. The number of halogens is 1. The molecule has 2 aromatic rings. The lowest BCUT2D eigenvalue weighted by atomic mass is 9.95. The average molecular weight is 493 g/mol. The number of ketones is 1. The standard InChI is InChI=1S/C23H25ClN2O6S/c1-25(2)33(30,31)18-10-8-15(9-11-18)21(27)19-20(16-6-4-7-17(24)14-16)26(12-5-13-32-3)23(29)22(19)28/h4,6-11,14,20,27H,5,12-13H2,1-3H3/b21-19+/t20-/m0/s1. The van der Waals surface area contributed by atoms with E-state index in [1.165, 1.54) is 43.3 Å². The zero-order valence-electron chi connectivity index (χ0n) is 18.5. The van der Waals surface area contributed by atoms with Gasteiger partial charge >= 0.3 is 0 Å². The van der Waals surface area contributed by atoms with Gasteiger partial charge in [-0.3, -0.25) is 9.59 Å². The van der Waals surface area contributed by atoms with E-state index in [0.717, 1.165) is 4.31 Å². The van der Waals surface area contributed by atoms with Crippen LogP contribution in [0, 0.1) is 0 Å². The fraction of sp³-hybridized carbons (Fsp3) is 0.304. The number of hydrogen-bond acceptors (Lipinski definition) is 6. The van der Waals surface area contributed by atoms with Crippen molar-refractivity contribution in [1.82, 2.24) is 9.21 Å². The third-order valence-electron chi connectivity index (χ3n) is 5.36. The Bertz CT molecular complexity index is 1190. The second kappa shape index (κ2) is 10.0. The highest BCUT2D eigenvalue weighted by atomic mass is 35.5. The quantitative estimate of drug-likeness (QED) is 0.263. The predicted molar refractivity (Wildman–Crippen MR) is 124 cm³/mol. The molecule has 0 aliphatic carbocycles. The Labute approximate surface area is 198 Å². The number of methoxy groups -OCH3 is 1. The van der Waals surface area contributed by atoms with Gasteiger partial charge in [0.2, 0.25) is 10.0 Å². The molecular formula is C23H25ClN2O6S. The Balaban J connectivity index is 2.10. The minimum atomic E-state index is -3.66. The van der Waals surface area contributed by atoms with Crippen LogP contribution in [0.3, 0.4) is 0 Å². The van der Waals surface area contributed by atoms with Gasteiger partial charge in [0.1, 0.15) is 5.76 Å². The van der Waals surface area contributed by atoms with Crippen molar-refractivity contribution in [2.45, 2.75) is 17.4 Å². The molecule has 1 saturated heterocycles. The summed E-state index contributed by atoms with van der Waals surface area (Å²) in [6, 6.07) is 11.4. The minimum absolute atomic E-state index is 0.0375. The molecule has 0 unspecified atom stereocenters. The highest BCUT2D eigenvalue weighted by Gasteiger charge is 2.45. The molecular weight excluding hydrogens is 468 g/mol. The highest BCUT2D eigenvalue weighted by Crippen LogP contribution is 2.40. The van der Waals surface area contributed by atoms with E-state index in [1.807, 2.05) is 0 Å². The van der Waals surface area contributed by atoms with Crippen LogP contribution >= 0.6 is 11.6 Å². The number of aliphatic hydroxyl groups is 1. The summed E-state index contributed by atoms with van der Waals surface area (Å²) in [6.45, 7) is 0.638. The first-order chi connectivity index (χ1) is 15.6. The zero-order valence-corrected chi connectivity index (χ0v) is 20.1. The van der Waals surface area contributed by atoms with Crippen molar-refractivity contribution < 1.29 is 27.9 Å². The summed E-state index contributed by atoms with van der Waals surface area (Å²) in [5, 5.41) is 11.5. The molecule has 1 heterocycles. The summed E-state index contributed by atoms with van der Waals surface area (Å²) in [6.07, 6.45) is 0.498. The van der Waals surface area contributed by atoms with Gasteiger partial charge in [0.15, 0.2) is 0 Å². The van der Waals surface area contributed by atoms with Crippen LogP contribution in [-0.2, 0) is 24.3 Å². The number of amides is 1. The van der Waals surface area contributed by atoms with E-state index in [0.29, 0.717) is 23.6 Å². The number of carbonyl (C=O) groups excluding carboxylic acids is 2. The maximum absolute atomic E-state index is 13.0. The molecule has 1 atom stereocenters. The summed E-state index contributed by atoms with van der Waals surface area (Å²) < 4.78 is 30.8. The van der Waals surface area contributed by atoms with E-state index in [4.69, 9.17) is 16.3 Å². The van der Waals surface area contributed by atoms with E-state index >= 15 is 0 Å². The van der Waals surface area contributed by atoms with Crippen LogP contribution in [0.1, 0.15) is 23.6 Å². The van der Waals surface area contributed by atoms with Crippen molar-refractivity contribution in [3.63, 3.8) is 0 Å². The van der Waals surface area contributed by atoms with Gasteiger partial charge < -0.3 is 14.7 Å². The Hall–Kier alpha value is -2.72. The Morgan fingerprint density at radius 2 is 1.82 bits per heavy atom. The predicted octanol–water partition coefficient (Wildman–Crippen LogP) is 3.05. The molecule has 0 aromatic heterocycles. The molecule has 2 aromatic carbocycles. The Morgan fingerprint density at radius 1 is 1.15 bits per heavy atom. The number of ether oxygens (including phenoxy) is 1. The van der Waals surface area contributed by atoms with Crippen molar-refractivity contribution in [2.75, 3.05) is 34.4 Å². The monoisotopic (exact) mass is 492 g/mol. The average Bonchev–Trinajstić information content (AvgIpc) is 3.03. The lowest BCUT2D eigenvalue weighted by molar-refractivity contribution is -0.140. The molecule has 8 nitrogen and oxygen atoms in total. The van der Waals surface area contributed by atoms with Crippen LogP contribution in [0.5, 0.6) is 0 Å². The molecule has 10 heteroatoms. The van der Waals surface area contributed by atoms with E-state index in [9.17, 15) is 23.1 Å². The van der Waals surface area contributed by atoms with Crippen LogP contribution < -0.4 is 0 Å². The van der Waals surface area contributed by atoms with Crippen LogP contribution in [0.25, 0.3) is 5.76 Å². The fourth-order valence-corrected chi connectivity index (χ4v) is 4.76. The summed E-state index contributed by atoms with van der Waals surface area (Å²) in [5.41, 5.74) is 0.713. The van der Waals surface area contributed by atoms with Gasteiger partial charge in [-0.1, -0.05) is 23.7 Å². The van der Waals surface area contributed by atoms with Gasteiger partial charge in [-0.2, -0.15) is 0 Å². The molecule has 1 fully saturated rings. The number of sulfonamides is 1.